The number of amides is 1. The second-order valence-corrected chi connectivity index (χ2v) is 5.42. The summed E-state index contributed by atoms with van der Waals surface area (Å²) in [5.74, 6) is -0.139. The van der Waals surface area contributed by atoms with Gasteiger partial charge in [0.05, 0.1) is 0 Å². The van der Waals surface area contributed by atoms with Crippen LogP contribution in [0, 0.1) is 0 Å². The first-order valence-electron chi connectivity index (χ1n) is 6.94. The molecule has 1 amide bonds. The van der Waals surface area contributed by atoms with E-state index in [1.165, 1.54) is 7.11 Å². The molecule has 1 aliphatic heterocycles. The van der Waals surface area contributed by atoms with E-state index in [-0.39, 0.29) is 12.5 Å². The Kier molecular flexibility index (Phi) is 4.98. The van der Waals surface area contributed by atoms with Gasteiger partial charge < -0.3 is 20.3 Å². The number of anilines is 2. The van der Waals surface area contributed by atoms with Crippen LogP contribution in [-0.2, 0) is 9.53 Å². The van der Waals surface area contributed by atoms with Gasteiger partial charge in [-0.1, -0.05) is 0 Å². The third-order valence-corrected chi connectivity index (χ3v) is 3.70. The Morgan fingerprint density at radius 3 is 2.55 bits per heavy atom. The van der Waals surface area contributed by atoms with E-state index in [1.807, 2.05) is 24.3 Å². The molecule has 110 valence electrons. The van der Waals surface area contributed by atoms with Gasteiger partial charge in [-0.05, 0) is 44.7 Å². The Bertz CT molecular complexity index is 437. The number of rotatable bonds is 5. The molecule has 2 unspecified atom stereocenters. The van der Waals surface area contributed by atoms with Gasteiger partial charge in [-0.3, -0.25) is 4.79 Å². The number of likely N-dealkylation sites (N-methyl/N-ethyl adjacent to an activating group) is 1. The van der Waals surface area contributed by atoms with Crippen molar-refractivity contribution in [1.82, 2.24) is 4.90 Å². The summed E-state index contributed by atoms with van der Waals surface area (Å²) >= 11 is 0. The lowest BCUT2D eigenvalue weighted by Crippen LogP contribution is -2.24. The molecule has 1 aromatic rings. The average Bonchev–Trinajstić information content (AvgIpc) is 2.71. The summed E-state index contributed by atoms with van der Waals surface area (Å²) in [4.78, 5) is 13.7. The minimum absolute atomic E-state index is 0.0757. The van der Waals surface area contributed by atoms with Crippen molar-refractivity contribution in [2.45, 2.75) is 25.4 Å². The largest absolute Gasteiger partial charge is 0.381 e. The number of ether oxygens (including phenoxy) is 1. The van der Waals surface area contributed by atoms with Gasteiger partial charge in [-0.2, -0.15) is 0 Å². The Hall–Kier alpha value is -1.59. The predicted molar refractivity (Wildman–Crippen MR) is 81.1 cm³/mol. The maximum Gasteiger partial charge on any atom is 0.250 e. The summed E-state index contributed by atoms with van der Waals surface area (Å²) in [7, 11) is 3.66. The Morgan fingerprint density at radius 1 is 1.35 bits per heavy atom. The smallest absolute Gasteiger partial charge is 0.250 e. The monoisotopic (exact) mass is 277 g/mol. The third kappa shape index (κ3) is 3.95. The van der Waals surface area contributed by atoms with Gasteiger partial charge in [0, 0.05) is 37.1 Å². The molecule has 5 nitrogen and oxygen atoms in total. The molecule has 1 aliphatic rings. The minimum atomic E-state index is -0.139. The van der Waals surface area contributed by atoms with E-state index in [2.05, 4.69) is 29.5 Å². The topological polar surface area (TPSA) is 53.6 Å². The van der Waals surface area contributed by atoms with E-state index < -0.39 is 0 Å². The summed E-state index contributed by atoms with van der Waals surface area (Å²) in [5, 5.41) is 6.31. The van der Waals surface area contributed by atoms with Gasteiger partial charge in [-0.15, -0.1) is 0 Å². The third-order valence-electron chi connectivity index (χ3n) is 3.70. The Morgan fingerprint density at radius 2 is 2.00 bits per heavy atom. The fourth-order valence-corrected chi connectivity index (χ4v) is 2.51. The maximum absolute atomic E-state index is 11.4. The normalized spacial score (nSPS) is 22.8. The number of methoxy groups -OCH3 is 1. The molecule has 0 spiro atoms. The molecule has 2 N–H and O–H groups in total. The molecule has 0 aliphatic carbocycles. The highest BCUT2D eigenvalue weighted by molar-refractivity contribution is 5.91. The number of hydrogen-bond acceptors (Lipinski definition) is 4. The summed E-state index contributed by atoms with van der Waals surface area (Å²) in [6.45, 7) is 3.38. The molecule has 1 fully saturated rings. The lowest BCUT2D eigenvalue weighted by Gasteiger charge is -2.14. The Labute approximate surface area is 120 Å². The summed E-state index contributed by atoms with van der Waals surface area (Å²) in [5.41, 5.74) is 1.87. The van der Waals surface area contributed by atoms with Crippen molar-refractivity contribution in [2.75, 3.05) is 37.9 Å². The fraction of sp³-hybridized carbons (Fsp3) is 0.533. The lowest BCUT2D eigenvalue weighted by atomic mass is 10.2. The second kappa shape index (κ2) is 6.72. The first kappa shape index (κ1) is 14.8. The van der Waals surface area contributed by atoms with Crippen LogP contribution in [0.25, 0.3) is 0 Å². The van der Waals surface area contributed by atoms with Crippen molar-refractivity contribution < 1.29 is 9.53 Å². The van der Waals surface area contributed by atoms with Crippen molar-refractivity contribution in [3.05, 3.63) is 24.3 Å². The van der Waals surface area contributed by atoms with Gasteiger partial charge in [0.25, 0.3) is 0 Å². The fourth-order valence-electron chi connectivity index (χ4n) is 2.51. The number of carbonyl (C=O) groups excluding carboxylic acids is 1. The lowest BCUT2D eigenvalue weighted by molar-refractivity contribution is -0.119. The number of hydrogen-bond donors (Lipinski definition) is 2. The van der Waals surface area contributed by atoms with Gasteiger partial charge in [0.2, 0.25) is 5.91 Å². The molecule has 2 rings (SSSR count). The van der Waals surface area contributed by atoms with E-state index in [0.717, 1.165) is 24.3 Å². The number of likely N-dealkylation sites (tertiary alicyclic amines) is 1. The highest BCUT2D eigenvalue weighted by Crippen LogP contribution is 2.20. The molecule has 0 radical (unpaired) electrons. The van der Waals surface area contributed by atoms with E-state index in [0.29, 0.717) is 12.1 Å². The van der Waals surface area contributed by atoms with Crippen molar-refractivity contribution in [3.63, 3.8) is 0 Å². The molecule has 0 saturated carbocycles. The van der Waals surface area contributed by atoms with Crippen LogP contribution in [0.4, 0.5) is 11.4 Å². The van der Waals surface area contributed by atoms with Crippen molar-refractivity contribution in [1.29, 1.82) is 0 Å². The van der Waals surface area contributed by atoms with Crippen molar-refractivity contribution >= 4 is 17.3 Å². The van der Waals surface area contributed by atoms with E-state index >= 15 is 0 Å². The summed E-state index contributed by atoms with van der Waals surface area (Å²) in [6.07, 6.45) is 1.16. The van der Waals surface area contributed by atoms with E-state index in [4.69, 9.17) is 4.74 Å². The molecule has 5 heteroatoms. The SMILES string of the molecule is COCC(=O)Nc1ccc(NC2CC(C)N(C)C2)cc1. The zero-order valence-corrected chi connectivity index (χ0v) is 12.3. The predicted octanol–water partition coefficient (Wildman–Crippen LogP) is 1.78. The van der Waals surface area contributed by atoms with Crippen molar-refractivity contribution in [3.8, 4) is 0 Å². The minimum Gasteiger partial charge on any atom is -0.381 e. The zero-order valence-electron chi connectivity index (χ0n) is 12.3. The van der Waals surface area contributed by atoms with Crippen LogP contribution in [0.3, 0.4) is 0 Å². The first-order valence-corrected chi connectivity index (χ1v) is 6.94. The van der Waals surface area contributed by atoms with Gasteiger partial charge in [-0.25, -0.2) is 0 Å². The average molecular weight is 277 g/mol. The quantitative estimate of drug-likeness (QED) is 0.861. The van der Waals surface area contributed by atoms with Crippen LogP contribution in [-0.4, -0.2) is 50.2 Å². The summed E-state index contributed by atoms with van der Waals surface area (Å²) in [6, 6.07) is 8.90. The number of benzene rings is 1. The van der Waals surface area contributed by atoms with Gasteiger partial charge in [0.15, 0.2) is 0 Å². The van der Waals surface area contributed by atoms with Gasteiger partial charge in [0.1, 0.15) is 6.61 Å². The Balaban J connectivity index is 1.87. The number of nitrogens with one attached hydrogen (secondary N) is 2. The molecular formula is C15H23N3O2. The van der Waals surface area contributed by atoms with E-state index in [9.17, 15) is 4.79 Å². The van der Waals surface area contributed by atoms with Crippen LogP contribution in [0.2, 0.25) is 0 Å². The number of carbonyl (C=O) groups is 1. The van der Waals surface area contributed by atoms with Crippen LogP contribution in [0.5, 0.6) is 0 Å². The number of nitrogens with zero attached hydrogens (tertiary/aromatic N) is 1. The summed E-state index contributed by atoms with van der Waals surface area (Å²) < 4.78 is 4.78. The van der Waals surface area contributed by atoms with Gasteiger partial charge >= 0.3 is 0 Å². The van der Waals surface area contributed by atoms with Crippen LogP contribution in [0.15, 0.2) is 24.3 Å². The highest BCUT2D eigenvalue weighted by Gasteiger charge is 2.25. The molecule has 2 atom stereocenters. The molecule has 1 saturated heterocycles. The second-order valence-electron chi connectivity index (χ2n) is 5.42. The van der Waals surface area contributed by atoms with Crippen LogP contribution < -0.4 is 10.6 Å². The molecule has 0 aromatic heterocycles. The van der Waals surface area contributed by atoms with E-state index in [1.54, 1.807) is 0 Å². The highest BCUT2D eigenvalue weighted by atomic mass is 16.5. The van der Waals surface area contributed by atoms with Crippen LogP contribution >= 0.6 is 0 Å². The molecule has 20 heavy (non-hydrogen) atoms. The molecule has 1 heterocycles. The first-order chi connectivity index (χ1) is 9.58. The van der Waals surface area contributed by atoms with Crippen LogP contribution in [0.1, 0.15) is 13.3 Å². The molecular weight excluding hydrogens is 254 g/mol. The molecule has 1 aromatic carbocycles. The standard InChI is InChI=1S/C15H23N3O2/c1-11-8-14(9-18(11)2)16-12-4-6-13(7-5-12)17-15(19)10-20-3/h4-7,11,14,16H,8-10H2,1-3H3,(H,17,19). The van der Waals surface area contributed by atoms with Crippen molar-refractivity contribution in [2.24, 2.45) is 0 Å². The molecule has 0 bridgehead atoms. The zero-order chi connectivity index (χ0) is 14.5. The maximum atomic E-state index is 11.4.